The molecule has 4 aliphatic carbocycles. The number of allylic oxidation sites excluding steroid dienone is 11. The van der Waals surface area contributed by atoms with E-state index in [1.807, 2.05) is 13.8 Å². The Morgan fingerprint density at radius 1 is 0.612 bits per heavy atom. The Morgan fingerprint density at radius 3 is 2.31 bits per heavy atom. The van der Waals surface area contributed by atoms with Gasteiger partial charge in [-0.3, -0.25) is 0 Å². The maximum atomic E-state index is 4.83. The SMILES string of the molecule is CC.Cc1cc(CC2=NN=C(c3cc4c(cc3C)Cc3ccc(-n5c6c(c7ccccc75)C=CCC=C6)cc3-4)C2)ccc1Cc1ccc(N2C3=C(C=CC=CC3)C3=CC2CC=CC/C=C\3)cc1. The zero-order chi connectivity index (χ0) is 45.4. The van der Waals surface area contributed by atoms with E-state index in [2.05, 4.69) is 199 Å². The Balaban J connectivity index is 0.00000244. The molecule has 6 aromatic rings. The lowest BCUT2D eigenvalue weighted by atomic mass is 9.91. The molecular formula is C63H58N4. The van der Waals surface area contributed by atoms with Gasteiger partial charge in [-0.15, -0.1) is 0 Å². The van der Waals surface area contributed by atoms with Crippen LogP contribution in [0.5, 0.6) is 0 Å². The minimum absolute atomic E-state index is 0.293. The predicted octanol–water partition coefficient (Wildman–Crippen LogP) is 15.4. The van der Waals surface area contributed by atoms with Crippen LogP contribution in [-0.2, 0) is 19.3 Å². The average Bonchev–Trinajstić information content (AvgIpc) is 3.92. The van der Waals surface area contributed by atoms with Gasteiger partial charge in [-0.05, 0) is 144 Å². The lowest BCUT2D eigenvalue weighted by molar-refractivity contribution is 0.728. The second-order valence-electron chi connectivity index (χ2n) is 18.5. The molecule has 0 saturated carbocycles. The first-order valence-electron chi connectivity index (χ1n) is 24.5. The Kier molecular flexibility index (Phi) is 11.5. The van der Waals surface area contributed by atoms with Crippen LogP contribution in [0.2, 0.25) is 0 Å². The first-order valence-corrected chi connectivity index (χ1v) is 24.5. The van der Waals surface area contributed by atoms with E-state index in [4.69, 9.17) is 10.2 Å². The van der Waals surface area contributed by atoms with Crippen LogP contribution in [0.4, 0.5) is 5.69 Å². The molecule has 67 heavy (non-hydrogen) atoms. The zero-order valence-corrected chi connectivity index (χ0v) is 39.3. The molecule has 1 unspecified atom stereocenters. The fourth-order valence-corrected chi connectivity index (χ4v) is 11.0. The van der Waals surface area contributed by atoms with Crippen LogP contribution >= 0.6 is 0 Å². The molecule has 0 radical (unpaired) electrons. The summed E-state index contributed by atoms with van der Waals surface area (Å²) in [5.74, 6) is 0. The van der Waals surface area contributed by atoms with E-state index in [1.54, 1.807) is 0 Å². The van der Waals surface area contributed by atoms with E-state index in [9.17, 15) is 0 Å². The highest BCUT2D eigenvalue weighted by Crippen LogP contribution is 2.42. The van der Waals surface area contributed by atoms with Crippen molar-refractivity contribution in [3.8, 4) is 16.8 Å². The van der Waals surface area contributed by atoms with Gasteiger partial charge in [-0.25, -0.2) is 0 Å². The molecule has 2 aliphatic heterocycles. The van der Waals surface area contributed by atoms with Crippen molar-refractivity contribution in [1.29, 1.82) is 0 Å². The molecule has 0 amide bonds. The van der Waals surface area contributed by atoms with Crippen molar-refractivity contribution in [2.75, 3.05) is 4.90 Å². The molecule has 6 aliphatic rings. The van der Waals surface area contributed by atoms with Crippen molar-refractivity contribution in [2.45, 2.75) is 85.1 Å². The van der Waals surface area contributed by atoms with Crippen LogP contribution in [0, 0.1) is 13.8 Å². The van der Waals surface area contributed by atoms with Crippen molar-refractivity contribution < 1.29 is 0 Å². The number of hydrogen-bond acceptors (Lipinski definition) is 3. The summed E-state index contributed by atoms with van der Waals surface area (Å²) >= 11 is 0. The van der Waals surface area contributed by atoms with Crippen LogP contribution in [0.1, 0.15) is 102 Å². The fourth-order valence-electron chi connectivity index (χ4n) is 11.0. The fraction of sp³-hybridized carbons (Fsp3) is 0.206. The van der Waals surface area contributed by atoms with Crippen LogP contribution < -0.4 is 4.90 Å². The molecular weight excluding hydrogens is 813 g/mol. The molecule has 4 heteroatoms. The van der Waals surface area contributed by atoms with Gasteiger partial charge in [0.05, 0.1) is 28.7 Å². The summed E-state index contributed by atoms with van der Waals surface area (Å²) in [6.45, 7) is 8.49. The van der Waals surface area contributed by atoms with Crippen molar-refractivity contribution in [3.05, 3.63) is 237 Å². The third kappa shape index (κ3) is 7.99. The number of fused-ring (bicyclic) bond motifs is 8. The maximum absolute atomic E-state index is 4.83. The minimum Gasteiger partial charge on any atom is -0.337 e. The number of anilines is 1. The van der Waals surface area contributed by atoms with Gasteiger partial charge >= 0.3 is 0 Å². The Labute approximate surface area is 396 Å². The summed E-state index contributed by atoms with van der Waals surface area (Å²) in [5, 5.41) is 10.9. The molecule has 4 nitrogen and oxygen atoms in total. The molecule has 5 aromatic carbocycles. The molecule has 330 valence electrons. The number of nitrogens with zero attached hydrogens (tertiary/aromatic N) is 4. The molecule has 1 atom stereocenters. The minimum atomic E-state index is 0.293. The topological polar surface area (TPSA) is 32.9 Å². The molecule has 1 aromatic heterocycles. The predicted molar refractivity (Wildman–Crippen MR) is 285 cm³/mol. The molecule has 0 spiro atoms. The summed E-state index contributed by atoms with van der Waals surface area (Å²) in [7, 11) is 0. The van der Waals surface area contributed by atoms with E-state index in [-0.39, 0.29) is 0 Å². The van der Waals surface area contributed by atoms with Gasteiger partial charge in [0, 0.05) is 58.4 Å². The van der Waals surface area contributed by atoms with Gasteiger partial charge in [-0.2, -0.15) is 10.2 Å². The summed E-state index contributed by atoms with van der Waals surface area (Å²) in [6.07, 6.45) is 37.0. The normalized spacial score (nSPS) is 18.1. The van der Waals surface area contributed by atoms with Crippen LogP contribution in [0.15, 0.2) is 191 Å². The number of aryl methyl sites for hydroxylation is 2. The smallest absolute Gasteiger partial charge is 0.0762 e. The second-order valence-corrected chi connectivity index (χ2v) is 18.5. The summed E-state index contributed by atoms with van der Waals surface area (Å²) in [5.41, 5.74) is 25.7. The highest BCUT2D eigenvalue weighted by Gasteiger charge is 2.29. The van der Waals surface area contributed by atoms with Crippen LogP contribution in [-0.4, -0.2) is 22.0 Å². The largest absolute Gasteiger partial charge is 0.337 e. The van der Waals surface area contributed by atoms with Gasteiger partial charge in [0.15, 0.2) is 0 Å². The van der Waals surface area contributed by atoms with Crippen molar-refractivity contribution in [2.24, 2.45) is 10.2 Å². The molecule has 2 bridgehead atoms. The average molecular weight is 871 g/mol. The number of benzene rings is 5. The first kappa shape index (κ1) is 42.3. The highest BCUT2D eigenvalue weighted by atomic mass is 15.2. The Hall–Kier alpha value is -7.30. The zero-order valence-electron chi connectivity index (χ0n) is 39.3. The summed E-state index contributed by atoms with van der Waals surface area (Å²) in [6, 6.07) is 37.2. The van der Waals surface area contributed by atoms with Gasteiger partial charge in [0.2, 0.25) is 0 Å². The van der Waals surface area contributed by atoms with Gasteiger partial charge in [0.25, 0.3) is 0 Å². The Morgan fingerprint density at radius 2 is 1.42 bits per heavy atom. The second kappa shape index (κ2) is 18.2. The lowest BCUT2D eigenvalue weighted by Gasteiger charge is -2.38. The van der Waals surface area contributed by atoms with Gasteiger partial charge < -0.3 is 9.47 Å². The van der Waals surface area contributed by atoms with Crippen LogP contribution in [0.3, 0.4) is 0 Å². The van der Waals surface area contributed by atoms with Crippen molar-refractivity contribution >= 4 is 40.2 Å². The number of rotatable bonds is 7. The van der Waals surface area contributed by atoms with E-state index < -0.39 is 0 Å². The molecule has 0 saturated heterocycles. The number of hydrogen-bond donors (Lipinski definition) is 0. The summed E-state index contributed by atoms with van der Waals surface area (Å²) < 4.78 is 2.44. The maximum Gasteiger partial charge on any atom is 0.0762 e. The van der Waals surface area contributed by atoms with Gasteiger partial charge in [-0.1, -0.05) is 147 Å². The standard InChI is InChI=1S/C61H52N4.C2H6/c1-40-31-43(23-26-44(40)33-42-24-28-49(29-25-42)64-50-16-8-4-3-7-15-45(36-50)52-17-9-5-11-20-59(52)64)34-48-37-58(63-62-48)55-39-57-47(32-41(55)2)35-46-27-30-51(38-56(46)57)65-60-21-12-6-10-18-53(60)54-19-13-14-22-61(54)65;1-2/h4-5,7-15,17-19,21-32,36,38-39,50H,3,6,16,20,33-35,37H2,1-2H3;1-2H3/b8-4?,15-7-;. The summed E-state index contributed by atoms with van der Waals surface area (Å²) in [4.78, 5) is 2.57. The van der Waals surface area contributed by atoms with E-state index >= 15 is 0 Å². The number of para-hydroxylation sites is 1. The first-order chi connectivity index (χ1) is 33.0. The van der Waals surface area contributed by atoms with Crippen molar-refractivity contribution in [1.82, 2.24) is 4.57 Å². The quantitative estimate of drug-likeness (QED) is 0.147. The van der Waals surface area contributed by atoms with Crippen molar-refractivity contribution in [3.63, 3.8) is 0 Å². The van der Waals surface area contributed by atoms with Crippen LogP contribution in [0.25, 0.3) is 39.9 Å². The van der Waals surface area contributed by atoms with E-state index in [0.717, 1.165) is 62.8 Å². The van der Waals surface area contributed by atoms with E-state index in [0.29, 0.717) is 6.04 Å². The van der Waals surface area contributed by atoms with E-state index in [1.165, 1.54) is 106 Å². The molecule has 0 fully saturated rings. The third-order valence-corrected chi connectivity index (χ3v) is 14.2. The lowest BCUT2D eigenvalue weighted by Crippen LogP contribution is -2.36. The number of aromatic nitrogens is 1. The Bertz CT molecular complexity index is 3270. The monoisotopic (exact) mass is 870 g/mol. The molecule has 12 rings (SSSR count). The molecule has 0 N–H and O–H groups in total. The van der Waals surface area contributed by atoms with Gasteiger partial charge in [0.1, 0.15) is 0 Å². The highest BCUT2D eigenvalue weighted by molar-refractivity contribution is 6.16. The molecule has 3 heterocycles. The third-order valence-electron chi connectivity index (χ3n) is 14.2.